The summed E-state index contributed by atoms with van der Waals surface area (Å²) in [5.41, 5.74) is 0.716. The lowest BCUT2D eigenvalue weighted by atomic mass is 10.2. The molecule has 7 nitrogen and oxygen atoms in total. The highest BCUT2D eigenvalue weighted by atomic mass is 32.2. The molecular formula is C18H23NO6S2. The number of benzene rings is 2. The molecule has 0 spiro atoms. The average Bonchev–Trinajstić information content (AvgIpc) is 2.62. The molecule has 0 radical (unpaired) electrons. The molecule has 2 aromatic carbocycles. The van der Waals surface area contributed by atoms with Gasteiger partial charge < -0.3 is 8.92 Å². The molecule has 9 heteroatoms. The van der Waals surface area contributed by atoms with E-state index in [0.717, 1.165) is 6.26 Å². The Morgan fingerprint density at radius 3 is 2.11 bits per heavy atom. The lowest BCUT2D eigenvalue weighted by Crippen LogP contribution is -2.32. The van der Waals surface area contributed by atoms with Gasteiger partial charge in [-0.05, 0) is 36.2 Å². The highest BCUT2D eigenvalue weighted by Crippen LogP contribution is 2.20. The summed E-state index contributed by atoms with van der Waals surface area (Å²) >= 11 is 0. The molecule has 0 aliphatic rings. The topological polar surface area (TPSA) is 90.0 Å². The monoisotopic (exact) mass is 413 g/mol. The number of rotatable bonds is 10. The van der Waals surface area contributed by atoms with E-state index in [2.05, 4.69) is 0 Å². The van der Waals surface area contributed by atoms with Crippen LogP contribution in [0, 0.1) is 0 Å². The molecule has 0 bridgehead atoms. The Morgan fingerprint density at radius 1 is 0.926 bits per heavy atom. The van der Waals surface area contributed by atoms with E-state index in [4.69, 9.17) is 8.92 Å². The summed E-state index contributed by atoms with van der Waals surface area (Å²) in [6.45, 7) is 0.898. The van der Waals surface area contributed by atoms with Crippen LogP contribution in [0.25, 0.3) is 0 Å². The molecule has 2 aromatic rings. The average molecular weight is 414 g/mol. The van der Waals surface area contributed by atoms with Crippen LogP contribution in [0.1, 0.15) is 12.0 Å². The molecule has 0 aromatic heterocycles. The molecule has 0 unspecified atom stereocenters. The predicted molar refractivity (Wildman–Crippen MR) is 102 cm³/mol. The van der Waals surface area contributed by atoms with Gasteiger partial charge in [-0.2, -0.15) is 12.7 Å². The minimum absolute atomic E-state index is 0.153. The van der Waals surface area contributed by atoms with E-state index in [1.54, 1.807) is 49.6 Å². The van der Waals surface area contributed by atoms with Gasteiger partial charge in [-0.1, -0.05) is 30.3 Å². The van der Waals surface area contributed by atoms with E-state index in [1.807, 2.05) is 0 Å². The zero-order valence-electron chi connectivity index (χ0n) is 15.2. The van der Waals surface area contributed by atoms with Crippen molar-refractivity contribution in [3.8, 4) is 5.75 Å². The maximum Gasteiger partial charge on any atom is 0.306 e. The Bertz CT molecular complexity index is 926. The minimum atomic E-state index is -3.67. The first kappa shape index (κ1) is 21.4. The standard InChI is InChI=1S/C18H23NO6S2/c1-24-14-6-13-19(27(22,23)18-7-4-3-5-8-18)15-16-9-11-17(12-10-16)25-26(2,20)21/h3-5,7-12H,6,13-15H2,1-2H3. The van der Waals surface area contributed by atoms with Crippen molar-refractivity contribution in [1.29, 1.82) is 0 Å². The third-order valence-corrected chi connectivity index (χ3v) is 6.02. The zero-order chi connectivity index (χ0) is 19.9. The number of hydrogen-bond acceptors (Lipinski definition) is 6. The third kappa shape index (κ3) is 6.62. The third-order valence-electron chi connectivity index (χ3n) is 3.67. The minimum Gasteiger partial charge on any atom is -0.385 e. The van der Waals surface area contributed by atoms with Crippen LogP contribution in [-0.4, -0.2) is 47.7 Å². The fraction of sp³-hybridized carbons (Fsp3) is 0.333. The summed E-state index contributed by atoms with van der Waals surface area (Å²) < 4.78 is 59.5. The second-order valence-electron chi connectivity index (χ2n) is 5.93. The molecule has 0 fully saturated rings. The van der Waals surface area contributed by atoms with Gasteiger partial charge in [0.1, 0.15) is 5.75 Å². The Balaban J connectivity index is 2.22. The van der Waals surface area contributed by atoms with E-state index in [9.17, 15) is 16.8 Å². The highest BCUT2D eigenvalue weighted by molar-refractivity contribution is 7.89. The van der Waals surface area contributed by atoms with Gasteiger partial charge in [0.05, 0.1) is 11.2 Å². The quantitative estimate of drug-likeness (QED) is 0.438. The van der Waals surface area contributed by atoms with Crippen LogP contribution < -0.4 is 4.18 Å². The second kappa shape index (κ2) is 9.32. The van der Waals surface area contributed by atoms with Gasteiger partial charge in [-0.3, -0.25) is 0 Å². The smallest absolute Gasteiger partial charge is 0.306 e. The molecule has 0 aliphatic heterocycles. The summed E-state index contributed by atoms with van der Waals surface area (Å²) in [5, 5.41) is 0. The maximum absolute atomic E-state index is 13.0. The molecule has 0 heterocycles. The van der Waals surface area contributed by atoms with Gasteiger partial charge in [0.25, 0.3) is 0 Å². The van der Waals surface area contributed by atoms with Crippen LogP contribution >= 0.6 is 0 Å². The fourth-order valence-corrected chi connectivity index (χ4v) is 4.39. The van der Waals surface area contributed by atoms with Crippen molar-refractivity contribution >= 4 is 20.1 Å². The molecule has 0 atom stereocenters. The van der Waals surface area contributed by atoms with Crippen LogP contribution in [-0.2, 0) is 31.4 Å². The number of hydrogen-bond donors (Lipinski definition) is 0. The van der Waals surface area contributed by atoms with Crippen LogP contribution in [0.15, 0.2) is 59.5 Å². The SMILES string of the molecule is COCCCN(Cc1ccc(OS(C)(=O)=O)cc1)S(=O)(=O)c1ccccc1. The molecule has 2 rings (SSSR count). The van der Waals surface area contributed by atoms with E-state index in [1.165, 1.54) is 16.4 Å². The Morgan fingerprint density at radius 2 is 1.56 bits per heavy atom. The molecule has 27 heavy (non-hydrogen) atoms. The predicted octanol–water partition coefficient (Wildman–Crippen LogP) is 2.25. The molecule has 0 amide bonds. The van der Waals surface area contributed by atoms with Gasteiger partial charge >= 0.3 is 10.1 Å². The van der Waals surface area contributed by atoms with Crippen LogP contribution in [0.4, 0.5) is 0 Å². The van der Waals surface area contributed by atoms with Crippen molar-refractivity contribution in [2.75, 3.05) is 26.5 Å². The van der Waals surface area contributed by atoms with Crippen LogP contribution in [0.2, 0.25) is 0 Å². The lowest BCUT2D eigenvalue weighted by Gasteiger charge is -2.22. The summed E-state index contributed by atoms with van der Waals surface area (Å²) in [6.07, 6.45) is 1.52. The molecule has 148 valence electrons. The number of methoxy groups -OCH3 is 1. The van der Waals surface area contributed by atoms with Crippen molar-refractivity contribution in [2.45, 2.75) is 17.9 Å². The second-order valence-corrected chi connectivity index (χ2v) is 9.44. The van der Waals surface area contributed by atoms with Gasteiger partial charge in [0.2, 0.25) is 10.0 Å². The van der Waals surface area contributed by atoms with Crippen molar-refractivity contribution in [1.82, 2.24) is 4.31 Å². The first-order chi connectivity index (χ1) is 12.7. The lowest BCUT2D eigenvalue weighted by molar-refractivity contribution is 0.186. The molecular weight excluding hydrogens is 390 g/mol. The van der Waals surface area contributed by atoms with Crippen molar-refractivity contribution in [3.05, 3.63) is 60.2 Å². The number of ether oxygens (including phenoxy) is 1. The maximum atomic E-state index is 13.0. The van der Waals surface area contributed by atoms with Crippen LogP contribution in [0.3, 0.4) is 0 Å². The largest absolute Gasteiger partial charge is 0.385 e. The molecule has 0 N–H and O–H groups in total. The van der Waals surface area contributed by atoms with Gasteiger partial charge in [0.15, 0.2) is 0 Å². The van der Waals surface area contributed by atoms with Crippen molar-refractivity contribution in [2.24, 2.45) is 0 Å². The Labute approximate surface area is 160 Å². The zero-order valence-corrected chi connectivity index (χ0v) is 16.9. The van der Waals surface area contributed by atoms with E-state index < -0.39 is 20.1 Å². The van der Waals surface area contributed by atoms with Gasteiger partial charge in [-0.15, -0.1) is 0 Å². The molecule has 0 saturated heterocycles. The normalized spacial score (nSPS) is 12.3. The van der Waals surface area contributed by atoms with E-state index in [-0.39, 0.29) is 17.2 Å². The molecule has 0 saturated carbocycles. The highest BCUT2D eigenvalue weighted by Gasteiger charge is 2.24. The van der Waals surface area contributed by atoms with Gasteiger partial charge in [0, 0.05) is 26.8 Å². The van der Waals surface area contributed by atoms with Crippen LogP contribution in [0.5, 0.6) is 5.75 Å². The Hall–Kier alpha value is -1.94. The van der Waals surface area contributed by atoms with E-state index >= 15 is 0 Å². The first-order valence-electron chi connectivity index (χ1n) is 8.25. The summed E-state index contributed by atoms with van der Waals surface area (Å²) in [4.78, 5) is 0.222. The van der Waals surface area contributed by atoms with Gasteiger partial charge in [-0.25, -0.2) is 8.42 Å². The summed E-state index contributed by atoms with van der Waals surface area (Å²) in [7, 11) is -5.71. The fourth-order valence-electron chi connectivity index (χ4n) is 2.44. The number of sulfonamides is 1. The number of nitrogens with zero attached hydrogens (tertiary/aromatic N) is 1. The van der Waals surface area contributed by atoms with Crippen molar-refractivity contribution in [3.63, 3.8) is 0 Å². The Kier molecular flexibility index (Phi) is 7.37. The van der Waals surface area contributed by atoms with E-state index in [0.29, 0.717) is 25.1 Å². The molecule has 0 aliphatic carbocycles. The summed E-state index contributed by atoms with van der Waals surface area (Å²) in [5.74, 6) is 0.179. The first-order valence-corrected chi connectivity index (χ1v) is 11.5. The summed E-state index contributed by atoms with van der Waals surface area (Å²) in [6, 6.07) is 14.5. The van der Waals surface area contributed by atoms with Crippen molar-refractivity contribution < 1.29 is 25.8 Å².